The zero-order valence-electron chi connectivity index (χ0n) is 13.9. The van der Waals surface area contributed by atoms with Crippen molar-refractivity contribution >= 4 is 10.1 Å². The first kappa shape index (κ1) is 18.1. The highest BCUT2D eigenvalue weighted by Crippen LogP contribution is 2.14. The Bertz CT molecular complexity index is 909. The minimum absolute atomic E-state index is 0.168. The molecule has 1 N–H and O–H groups in total. The molecule has 0 spiro atoms. The zero-order valence-corrected chi connectivity index (χ0v) is 14.7. The fourth-order valence-electron chi connectivity index (χ4n) is 2.54. The topological polar surface area (TPSA) is 96.3 Å². The molecule has 0 fully saturated rings. The smallest absolute Gasteiger partial charge is 0.286 e. The lowest BCUT2D eigenvalue weighted by Crippen LogP contribution is -2.24. The second-order valence-electron chi connectivity index (χ2n) is 5.75. The van der Waals surface area contributed by atoms with Crippen LogP contribution in [-0.2, 0) is 29.8 Å². The first-order chi connectivity index (χ1) is 12.5. The van der Waals surface area contributed by atoms with Gasteiger partial charge in [0.05, 0.1) is 22.0 Å². The lowest BCUT2D eigenvalue weighted by molar-refractivity contribution is 0.238. The fourth-order valence-corrected chi connectivity index (χ4v) is 3.06. The highest BCUT2D eigenvalue weighted by Gasteiger charge is 2.14. The van der Waals surface area contributed by atoms with Crippen LogP contribution >= 0.6 is 0 Å². The maximum Gasteiger partial charge on any atom is 0.294 e. The Morgan fingerprint density at radius 3 is 1.81 bits per heavy atom. The Kier molecular flexibility index (Phi) is 5.67. The van der Waals surface area contributed by atoms with Gasteiger partial charge >= 0.3 is 0 Å². The molecule has 0 aliphatic carbocycles. The molecule has 3 heterocycles. The molecular formula is C18H18N4O3S. The maximum absolute atomic E-state index is 11.3. The molecule has 0 aliphatic rings. The average molecular weight is 370 g/mol. The Balaban J connectivity index is 1.83. The lowest BCUT2D eigenvalue weighted by Gasteiger charge is -2.21. The number of hydrogen-bond donors (Lipinski definition) is 1. The zero-order chi connectivity index (χ0) is 18.4. The van der Waals surface area contributed by atoms with Gasteiger partial charge < -0.3 is 0 Å². The predicted octanol–water partition coefficient (Wildman–Crippen LogP) is 2.32. The van der Waals surface area contributed by atoms with Gasteiger partial charge in [-0.15, -0.1) is 0 Å². The van der Waals surface area contributed by atoms with Crippen molar-refractivity contribution in [2.75, 3.05) is 0 Å². The van der Waals surface area contributed by atoms with Crippen molar-refractivity contribution in [3.05, 3.63) is 84.2 Å². The molecule has 3 rings (SSSR count). The van der Waals surface area contributed by atoms with Crippen molar-refractivity contribution in [2.24, 2.45) is 0 Å². The Morgan fingerprint density at radius 1 is 0.769 bits per heavy atom. The molecular weight excluding hydrogens is 352 g/mol. The van der Waals surface area contributed by atoms with E-state index in [2.05, 4.69) is 19.9 Å². The normalized spacial score (nSPS) is 11.6. The molecule has 134 valence electrons. The van der Waals surface area contributed by atoms with Crippen LogP contribution in [0.2, 0.25) is 0 Å². The Morgan fingerprint density at radius 2 is 1.31 bits per heavy atom. The van der Waals surface area contributed by atoms with Crippen LogP contribution in [0.25, 0.3) is 0 Å². The van der Waals surface area contributed by atoms with Crippen molar-refractivity contribution in [3.8, 4) is 0 Å². The summed E-state index contributed by atoms with van der Waals surface area (Å²) >= 11 is 0. The summed E-state index contributed by atoms with van der Waals surface area (Å²) in [6, 6.07) is 14.0. The fraction of sp³-hybridized carbons (Fsp3) is 0.167. The molecule has 0 saturated heterocycles. The van der Waals surface area contributed by atoms with Gasteiger partial charge in [0.2, 0.25) is 0 Å². The van der Waals surface area contributed by atoms with Gasteiger partial charge in [-0.1, -0.05) is 12.1 Å². The number of aromatic nitrogens is 3. The van der Waals surface area contributed by atoms with Gasteiger partial charge in [-0.2, -0.15) is 8.42 Å². The minimum Gasteiger partial charge on any atom is -0.286 e. The maximum atomic E-state index is 11.3. The van der Waals surface area contributed by atoms with Gasteiger partial charge in [0.15, 0.2) is 0 Å². The molecule has 0 aromatic carbocycles. The third-order valence-electron chi connectivity index (χ3n) is 3.69. The van der Waals surface area contributed by atoms with Crippen LogP contribution in [0.3, 0.4) is 0 Å². The van der Waals surface area contributed by atoms with Crippen LogP contribution in [0.4, 0.5) is 0 Å². The molecule has 7 nitrogen and oxygen atoms in total. The van der Waals surface area contributed by atoms with Crippen molar-refractivity contribution in [1.29, 1.82) is 0 Å². The van der Waals surface area contributed by atoms with Crippen LogP contribution in [0.1, 0.15) is 17.1 Å². The second kappa shape index (κ2) is 8.13. The molecule has 3 aromatic rings. The Hall–Kier alpha value is -2.68. The first-order valence-corrected chi connectivity index (χ1v) is 9.39. The van der Waals surface area contributed by atoms with Gasteiger partial charge in [-0.3, -0.25) is 24.4 Å². The van der Waals surface area contributed by atoms with Crippen LogP contribution in [-0.4, -0.2) is 32.8 Å². The van der Waals surface area contributed by atoms with E-state index in [0.717, 1.165) is 11.4 Å². The van der Waals surface area contributed by atoms with E-state index in [1.54, 1.807) is 12.4 Å². The quantitative estimate of drug-likeness (QED) is 0.638. The van der Waals surface area contributed by atoms with Crippen molar-refractivity contribution < 1.29 is 13.0 Å². The Labute approximate surface area is 152 Å². The van der Waals surface area contributed by atoms with Crippen LogP contribution in [0.15, 0.2) is 72.0 Å². The van der Waals surface area contributed by atoms with E-state index >= 15 is 0 Å². The predicted molar refractivity (Wildman–Crippen MR) is 95.5 cm³/mol. The van der Waals surface area contributed by atoms with E-state index in [4.69, 9.17) is 0 Å². The monoisotopic (exact) mass is 370 g/mol. The van der Waals surface area contributed by atoms with E-state index in [9.17, 15) is 13.0 Å². The van der Waals surface area contributed by atoms with Crippen molar-refractivity contribution in [3.63, 3.8) is 0 Å². The SMILES string of the molecule is O=S(=O)(O)c1ccnc(CN(Cc2ccccn2)Cc2ccccn2)c1. The number of hydrogen-bond acceptors (Lipinski definition) is 6. The van der Waals surface area contributed by atoms with E-state index in [-0.39, 0.29) is 4.90 Å². The second-order valence-corrected chi connectivity index (χ2v) is 7.17. The summed E-state index contributed by atoms with van der Waals surface area (Å²) in [5.74, 6) is 0. The van der Waals surface area contributed by atoms with Crippen molar-refractivity contribution in [1.82, 2.24) is 19.9 Å². The molecule has 26 heavy (non-hydrogen) atoms. The number of pyridine rings is 3. The molecule has 0 atom stereocenters. The lowest BCUT2D eigenvalue weighted by atomic mass is 10.2. The van der Waals surface area contributed by atoms with Gasteiger partial charge in [-0.05, 0) is 36.4 Å². The van der Waals surface area contributed by atoms with Gasteiger partial charge in [-0.25, -0.2) is 0 Å². The third-order valence-corrected chi connectivity index (χ3v) is 4.54. The highest BCUT2D eigenvalue weighted by atomic mass is 32.2. The van der Waals surface area contributed by atoms with Crippen LogP contribution in [0, 0.1) is 0 Å². The molecule has 0 unspecified atom stereocenters. The molecule has 8 heteroatoms. The summed E-state index contributed by atoms with van der Waals surface area (Å²) in [6.07, 6.45) is 4.83. The first-order valence-electron chi connectivity index (χ1n) is 7.95. The molecule has 3 aromatic heterocycles. The van der Waals surface area contributed by atoms with Crippen LogP contribution in [0.5, 0.6) is 0 Å². The molecule has 0 saturated carbocycles. The van der Waals surface area contributed by atoms with Gasteiger partial charge in [0.1, 0.15) is 0 Å². The summed E-state index contributed by atoms with van der Waals surface area (Å²) in [4.78, 5) is 14.8. The molecule has 0 bridgehead atoms. The molecule has 0 aliphatic heterocycles. The van der Waals surface area contributed by atoms with Crippen molar-refractivity contribution in [2.45, 2.75) is 24.5 Å². The van der Waals surface area contributed by atoms with E-state index in [0.29, 0.717) is 25.3 Å². The van der Waals surface area contributed by atoms with E-state index in [1.807, 2.05) is 36.4 Å². The number of nitrogens with zero attached hydrogens (tertiary/aromatic N) is 4. The summed E-state index contributed by atoms with van der Waals surface area (Å²) in [6.45, 7) is 1.49. The summed E-state index contributed by atoms with van der Waals surface area (Å²) in [5, 5.41) is 0. The molecule has 0 amide bonds. The summed E-state index contributed by atoms with van der Waals surface area (Å²) < 4.78 is 31.9. The van der Waals surface area contributed by atoms with E-state index in [1.165, 1.54) is 18.3 Å². The standard InChI is InChI=1S/C18H18N4O3S/c23-26(24,25)18-7-10-21-17(11-18)14-22(12-15-5-1-3-8-19-15)13-16-6-2-4-9-20-16/h1-11H,12-14H2,(H,23,24,25). The summed E-state index contributed by atoms with van der Waals surface area (Å²) in [5.41, 5.74) is 2.30. The minimum atomic E-state index is -4.26. The largest absolute Gasteiger partial charge is 0.294 e. The highest BCUT2D eigenvalue weighted by molar-refractivity contribution is 7.85. The van der Waals surface area contributed by atoms with E-state index < -0.39 is 10.1 Å². The van der Waals surface area contributed by atoms with Gasteiger partial charge in [0.25, 0.3) is 10.1 Å². The number of rotatable bonds is 7. The van der Waals surface area contributed by atoms with Gasteiger partial charge in [0, 0.05) is 38.2 Å². The van der Waals surface area contributed by atoms with Crippen LogP contribution < -0.4 is 0 Å². The summed E-state index contributed by atoms with van der Waals surface area (Å²) in [7, 11) is -4.26. The average Bonchev–Trinajstić information content (AvgIpc) is 2.63. The molecule has 0 radical (unpaired) electrons. The third kappa shape index (κ3) is 5.16.